The Morgan fingerprint density at radius 2 is 1.37 bits per heavy atom. The first-order chi connectivity index (χ1) is 27.4. The monoisotopic (exact) mass is 787 g/mol. The Bertz CT molecular complexity index is 2230. The lowest BCUT2D eigenvalue weighted by atomic mass is 9.80. The van der Waals surface area contributed by atoms with Crippen LogP contribution in [0.25, 0.3) is 11.2 Å². The molecule has 1 saturated heterocycles. The van der Waals surface area contributed by atoms with Gasteiger partial charge in [0.15, 0.2) is 31.5 Å². The third kappa shape index (κ3) is 7.81. The van der Waals surface area contributed by atoms with E-state index in [9.17, 15) is 9.90 Å². The van der Waals surface area contributed by atoms with Crippen LogP contribution in [0.1, 0.15) is 54.0 Å². The zero-order valence-corrected chi connectivity index (χ0v) is 34.2. The second-order valence-electron chi connectivity index (χ2n) is 15.6. The maximum Gasteiger partial charge on any atom is 0.256 e. The number of hydrogen-bond donors (Lipinski definition) is 2. The summed E-state index contributed by atoms with van der Waals surface area (Å²) in [4.78, 5) is 26.5. The number of methoxy groups -OCH3 is 2. The maximum absolute atomic E-state index is 13.1. The van der Waals surface area contributed by atoms with E-state index in [-0.39, 0.29) is 23.4 Å². The van der Waals surface area contributed by atoms with Crippen molar-refractivity contribution in [3.63, 3.8) is 0 Å². The molecule has 2 N–H and O–H groups in total. The summed E-state index contributed by atoms with van der Waals surface area (Å²) in [6.07, 6.45) is -0.733. The molecular formula is C44H49N5O7Si. The summed E-state index contributed by atoms with van der Waals surface area (Å²) < 4.78 is 33.9. The fourth-order valence-corrected chi connectivity index (χ4v) is 8.25. The van der Waals surface area contributed by atoms with Gasteiger partial charge in [0.05, 0.1) is 27.2 Å². The molecule has 12 nitrogen and oxygen atoms in total. The Balaban J connectivity index is 1.28. The smallest absolute Gasteiger partial charge is 0.256 e. The van der Waals surface area contributed by atoms with E-state index in [1.165, 1.54) is 6.33 Å². The SMILES string of the molecule is COc1ccc(C(OCC2OC(n3cnc4c(NC(=O)c5ccccc5)ncnc43)[C@@H](O)C2O[Si](C)(C)C(C)(C)C)(c2ccccc2)c2ccc(OC)cc2)cc1. The molecule has 0 spiro atoms. The van der Waals surface area contributed by atoms with Crippen LogP contribution >= 0.6 is 0 Å². The molecule has 1 fully saturated rings. The van der Waals surface area contributed by atoms with Crippen molar-refractivity contribution < 1.29 is 33.3 Å². The molecular weight excluding hydrogens is 739 g/mol. The summed E-state index contributed by atoms with van der Waals surface area (Å²) in [6.45, 7) is 10.8. The summed E-state index contributed by atoms with van der Waals surface area (Å²) in [5.41, 5.74) is 2.68. The van der Waals surface area contributed by atoms with Crippen molar-refractivity contribution in [3.8, 4) is 11.5 Å². The number of benzene rings is 4. The molecule has 3 heterocycles. The number of aliphatic hydroxyl groups is 1. The Morgan fingerprint density at radius 1 is 0.807 bits per heavy atom. The molecule has 2 aromatic heterocycles. The number of fused-ring (bicyclic) bond motifs is 1. The van der Waals surface area contributed by atoms with Crippen molar-refractivity contribution in [2.75, 3.05) is 26.1 Å². The number of carbonyl (C=O) groups excluding carboxylic acids is 1. The number of nitrogens with one attached hydrogen (secondary N) is 1. The standard InChI is InChI=1S/C44H49N5O7Si/c1-43(2,3)57(6,7)56-38-35(55-42(37(38)50)49-28-47-36-39(45-27-46-40(36)49)48-41(51)29-14-10-8-11-15-29)26-54-44(30-16-12-9-13-17-30,31-18-22-33(52-4)23-19-31)32-20-24-34(53-5)25-21-32/h8-25,27-28,35,37-38,42,50H,26H2,1-7H3,(H,45,46,48,51)/t35?,37-,38?,42?/m0/s1. The van der Waals surface area contributed by atoms with E-state index in [1.807, 2.05) is 84.9 Å². The summed E-state index contributed by atoms with van der Waals surface area (Å²) >= 11 is 0. The number of ether oxygens (including phenoxy) is 4. The van der Waals surface area contributed by atoms with E-state index in [2.05, 4.69) is 54.1 Å². The van der Waals surface area contributed by atoms with Gasteiger partial charge in [-0.25, -0.2) is 15.0 Å². The van der Waals surface area contributed by atoms with Crippen molar-refractivity contribution in [1.29, 1.82) is 0 Å². The van der Waals surface area contributed by atoms with Crippen LogP contribution in [0.4, 0.5) is 5.82 Å². The van der Waals surface area contributed by atoms with Gasteiger partial charge in [-0.15, -0.1) is 0 Å². The third-order valence-electron chi connectivity index (χ3n) is 11.1. The molecule has 1 amide bonds. The van der Waals surface area contributed by atoms with Gasteiger partial charge < -0.3 is 33.8 Å². The van der Waals surface area contributed by atoms with Crippen LogP contribution in [-0.4, -0.2) is 78.0 Å². The lowest BCUT2D eigenvalue weighted by Crippen LogP contribution is -2.50. The van der Waals surface area contributed by atoms with E-state index < -0.39 is 38.5 Å². The van der Waals surface area contributed by atoms with Crippen molar-refractivity contribution in [3.05, 3.63) is 144 Å². The minimum atomic E-state index is -2.49. The fourth-order valence-electron chi connectivity index (χ4n) is 6.93. The van der Waals surface area contributed by atoms with Crippen LogP contribution in [0.2, 0.25) is 18.1 Å². The predicted octanol–water partition coefficient (Wildman–Crippen LogP) is 7.75. The third-order valence-corrected chi connectivity index (χ3v) is 15.6. The van der Waals surface area contributed by atoms with Crippen LogP contribution in [0, 0.1) is 0 Å². The van der Waals surface area contributed by atoms with Crippen molar-refractivity contribution >= 4 is 31.2 Å². The lowest BCUT2D eigenvalue weighted by Gasteiger charge is -2.41. The highest BCUT2D eigenvalue weighted by Crippen LogP contribution is 2.45. The van der Waals surface area contributed by atoms with Gasteiger partial charge in [-0.05, 0) is 71.2 Å². The topological polar surface area (TPSA) is 139 Å². The largest absolute Gasteiger partial charge is 0.497 e. The summed E-state index contributed by atoms with van der Waals surface area (Å²) in [7, 11) is 0.784. The van der Waals surface area contributed by atoms with Gasteiger partial charge in [-0.2, -0.15) is 0 Å². The highest BCUT2D eigenvalue weighted by Gasteiger charge is 2.52. The molecule has 7 rings (SSSR count). The first kappa shape index (κ1) is 39.8. The number of anilines is 1. The van der Waals surface area contributed by atoms with E-state index >= 15 is 0 Å². The van der Waals surface area contributed by atoms with Gasteiger partial charge in [0.2, 0.25) is 0 Å². The number of hydrogen-bond acceptors (Lipinski definition) is 10. The van der Waals surface area contributed by atoms with Crippen LogP contribution in [0.15, 0.2) is 122 Å². The molecule has 0 saturated carbocycles. The molecule has 6 aromatic rings. The first-order valence-electron chi connectivity index (χ1n) is 18.9. The predicted molar refractivity (Wildman–Crippen MR) is 220 cm³/mol. The van der Waals surface area contributed by atoms with E-state index in [0.29, 0.717) is 28.2 Å². The van der Waals surface area contributed by atoms with Gasteiger partial charge in [0.1, 0.15) is 41.7 Å². The Hall–Kier alpha value is -5.44. The molecule has 4 aromatic carbocycles. The molecule has 0 bridgehead atoms. The quantitative estimate of drug-likeness (QED) is 0.0883. The number of carbonyl (C=O) groups is 1. The number of amides is 1. The van der Waals surface area contributed by atoms with Crippen molar-refractivity contribution in [2.24, 2.45) is 0 Å². The van der Waals surface area contributed by atoms with E-state index in [0.717, 1.165) is 16.7 Å². The summed E-state index contributed by atoms with van der Waals surface area (Å²) in [5, 5.41) is 15.0. The summed E-state index contributed by atoms with van der Waals surface area (Å²) in [6, 6.07) is 34.5. The van der Waals surface area contributed by atoms with Gasteiger partial charge in [-0.1, -0.05) is 93.6 Å². The maximum atomic E-state index is 13.1. The second kappa shape index (κ2) is 16.2. The average molecular weight is 788 g/mol. The fraction of sp³-hybridized carbons (Fsp3) is 0.318. The number of aliphatic hydroxyl groups excluding tert-OH is 1. The second-order valence-corrected chi connectivity index (χ2v) is 20.3. The minimum absolute atomic E-state index is 0.0276. The minimum Gasteiger partial charge on any atom is -0.497 e. The average Bonchev–Trinajstić information content (AvgIpc) is 3.79. The van der Waals surface area contributed by atoms with Crippen molar-refractivity contribution in [2.45, 2.75) is 69.0 Å². The molecule has 4 atom stereocenters. The van der Waals surface area contributed by atoms with Gasteiger partial charge in [0, 0.05) is 5.56 Å². The number of aromatic nitrogens is 4. The first-order valence-corrected chi connectivity index (χ1v) is 21.8. The van der Waals surface area contributed by atoms with Crippen LogP contribution in [0.3, 0.4) is 0 Å². The highest BCUT2D eigenvalue weighted by molar-refractivity contribution is 6.74. The van der Waals surface area contributed by atoms with Gasteiger partial charge in [-0.3, -0.25) is 9.36 Å². The molecule has 13 heteroatoms. The molecule has 1 aliphatic rings. The Morgan fingerprint density at radius 3 is 1.93 bits per heavy atom. The lowest BCUT2D eigenvalue weighted by molar-refractivity contribution is -0.0930. The van der Waals surface area contributed by atoms with Gasteiger partial charge in [0.25, 0.3) is 5.91 Å². The molecule has 296 valence electrons. The number of imidazole rings is 1. The number of rotatable bonds is 13. The normalized spacial score (nSPS) is 18.7. The van der Waals surface area contributed by atoms with Gasteiger partial charge >= 0.3 is 0 Å². The van der Waals surface area contributed by atoms with Crippen LogP contribution in [0.5, 0.6) is 11.5 Å². The molecule has 1 aliphatic heterocycles. The number of nitrogens with zero attached hydrogens (tertiary/aromatic N) is 4. The molecule has 0 aliphatic carbocycles. The molecule has 57 heavy (non-hydrogen) atoms. The van der Waals surface area contributed by atoms with Crippen LogP contribution in [-0.2, 0) is 19.5 Å². The summed E-state index contributed by atoms with van der Waals surface area (Å²) in [5.74, 6) is 1.32. The highest BCUT2D eigenvalue weighted by atomic mass is 28.4. The molecule has 0 radical (unpaired) electrons. The zero-order chi connectivity index (χ0) is 40.4. The van der Waals surface area contributed by atoms with Crippen LogP contribution < -0.4 is 14.8 Å². The zero-order valence-electron chi connectivity index (χ0n) is 33.2. The molecule has 3 unspecified atom stereocenters. The Labute approximate surface area is 333 Å². The van der Waals surface area contributed by atoms with E-state index in [4.69, 9.17) is 23.4 Å². The van der Waals surface area contributed by atoms with Crippen molar-refractivity contribution in [1.82, 2.24) is 19.5 Å². The Kier molecular flexibility index (Phi) is 11.3. The van der Waals surface area contributed by atoms with E-state index in [1.54, 1.807) is 49.4 Å².